The van der Waals surface area contributed by atoms with Crippen LogP contribution in [0.25, 0.3) is 10.9 Å². The molecule has 0 saturated heterocycles. The van der Waals surface area contributed by atoms with E-state index in [1.165, 1.54) is 5.56 Å². The molecule has 0 unspecified atom stereocenters. The fourth-order valence-electron chi connectivity index (χ4n) is 3.28. The molecule has 0 aliphatic heterocycles. The summed E-state index contributed by atoms with van der Waals surface area (Å²) >= 11 is 6.21. The van der Waals surface area contributed by atoms with Gasteiger partial charge in [-0.2, -0.15) is 0 Å². The van der Waals surface area contributed by atoms with E-state index in [-0.39, 0.29) is 11.9 Å². The highest BCUT2D eigenvalue weighted by molar-refractivity contribution is 6.31. The van der Waals surface area contributed by atoms with Gasteiger partial charge in [-0.25, -0.2) is 9.97 Å². The molecule has 0 fully saturated rings. The van der Waals surface area contributed by atoms with Crippen molar-refractivity contribution in [1.29, 1.82) is 0 Å². The monoisotopic (exact) mass is 424 g/mol. The smallest absolute Gasteiger partial charge is 0.221 e. The highest BCUT2D eigenvalue weighted by Gasteiger charge is 2.17. The minimum atomic E-state index is 0.0551. The molecule has 2 aromatic carbocycles. The number of hydrogen-bond donors (Lipinski definition) is 1. The molecule has 158 valence electrons. The van der Waals surface area contributed by atoms with Crippen LogP contribution >= 0.6 is 11.6 Å². The molecule has 1 N–H and O–H groups in total. The van der Waals surface area contributed by atoms with Crippen molar-refractivity contribution in [2.24, 2.45) is 0 Å². The number of aromatic nitrogens is 2. The molecule has 0 bridgehead atoms. The average Bonchev–Trinajstić information content (AvgIpc) is 2.76. The van der Waals surface area contributed by atoms with E-state index in [4.69, 9.17) is 16.6 Å². The van der Waals surface area contributed by atoms with Gasteiger partial charge in [-0.15, -0.1) is 0 Å². The molecule has 1 atom stereocenters. The first-order valence-corrected chi connectivity index (χ1v) is 10.9. The first-order valence-electron chi connectivity index (χ1n) is 10.5. The summed E-state index contributed by atoms with van der Waals surface area (Å²) < 4.78 is 0. The van der Waals surface area contributed by atoms with Gasteiger partial charge in [0.05, 0.1) is 5.52 Å². The molecule has 0 saturated carbocycles. The number of hydrogen-bond acceptors (Lipinski definition) is 4. The fourth-order valence-corrected chi connectivity index (χ4v) is 3.45. The third kappa shape index (κ3) is 5.70. The number of aryl methyl sites for hydroxylation is 1. The van der Waals surface area contributed by atoms with Crippen molar-refractivity contribution in [3.63, 3.8) is 0 Å². The van der Waals surface area contributed by atoms with Crippen molar-refractivity contribution < 1.29 is 4.79 Å². The maximum atomic E-state index is 12.4. The summed E-state index contributed by atoms with van der Waals surface area (Å²) in [5.74, 6) is 1.66. The van der Waals surface area contributed by atoms with Gasteiger partial charge in [0.25, 0.3) is 0 Å². The van der Waals surface area contributed by atoms with E-state index in [1.54, 1.807) is 0 Å². The minimum Gasteiger partial charge on any atom is -0.354 e. The molecule has 0 radical (unpaired) electrons. The molecule has 6 heteroatoms. The van der Waals surface area contributed by atoms with Crippen LogP contribution in [-0.4, -0.2) is 28.5 Å². The fraction of sp³-hybridized carbons (Fsp3) is 0.375. The number of fused-ring (bicyclic) bond motifs is 1. The molecule has 0 spiro atoms. The van der Waals surface area contributed by atoms with Gasteiger partial charge in [-0.1, -0.05) is 55.8 Å². The summed E-state index contributed by atoms with van der Waals surface area (Å²) in [4.78, 5) is 24.1. The van der Waals surface area contributed by atoms with Crippen LogP contribution in [0.2, 0.25) is 5.02 Å². The molecule has 1 amide bonds. The Kier molecular flexibility index (Phi) is 7.63. The van der Waals surface area contributed by atoms with E-state index in [0.717, 1.165) is 35.4 Å². The van der Waals surface area contributed by atoms with Crippen LogP contribution in [0.15, 0.2) is 48.5 Å². The Morgan fingerprint density at radius 1 is 1.13 bits per heavy atom. The van der Waals surface area contributed by atoms with E-state index in [2.05, 4.69) is 34.3 Å². The van der Waals surface area contributed by atoms with E-state index in [9.17, 15) is 4.79 Å². The number of carbonyl (C=O) groups is 1. The van der Waals surface area contributed by atoms with Crippen LogP contribution in [0, 0.1) is 0 Å². The maximum Gasteiger partial charge on any atom is 0.221 e. The van der Waals surface area contributed by atoms with Crippen LogP contribution in [0.5, 0.6) is 0 Å². The lowest BCUT2D eigenvalue weighted by Crippen LogP contribution is -2.35. The molecular formula is C24H29ClN4O. The highest BCUT2D eigenvalue weighted by Crippen LogP contribution is 2.28. The van der Waals surface area contributed by atoms with Crippen LogP contribution < -0.4 is 10.2 Å². The Labute approximate surface area is 183 Å². The molecule has 3 aromatic rings. The first kappa shape index (κ1) is 22.0. The van der Waals surface area contributed by atoms with E-state index >= 15 is 0 Å². The zero-order chi connectivity index (χ0) is 21.5. The molecule has 1 heterocycles. The Hall–Kier alpha value is -2.66. The number of amides is 1. The van der Waals surface area contributed by atoms with Gasteiger partial charge in [0.1, 0.15) is 11.6 Å². The molecular weight excluding hydrogens is 396 g/mol. The number of rotatable bonds is 9. The topological polar surface area (TPSA) is 58.1 Å². The lowest BCUT2D eigenvalue weighted by atomic mass is 10.1. The number of benzene rings is 2. The predicted octanol–water partition coefficient (Wildman–Crippen LogP) is 5.16. The standard InChI is InChI=1S/C24H29ClN4O/c1-4-17(3)26-23(30)13-14-29(16-18-9-7-6-8-10-18)24-20-12-11-19(25)15-21(20)27-22(5-2)28-24/h6-12,15,17H,4-5,13-14,16H2,1-3H3,(H,26,30)/t17-/m1/s1. The minimum absolute atomic E-state index is 0.0551. The summed E-state index contributed by atoms with van der Waals surface area (Å²) in [5.41, 5.74) is 1.99. The Balaban J connectivity index is 1.95. The lowest BCUT2D eigenvalue weighted by molar-refractivity contribution is -0.121. The largest absolute Gasteiger partial charge is 0.354 e. The Bertz CT molecular complexity index is 993. The number of halogens is 1. The van der Waals surface area contributed by atoms with Crippen molar-refractivity contribution in [2.75, 3.05) is 11.4 Å². The summed E-state index contributed by atoms with van der Waals surface area (Å²) in [6.45, 7) is 7.35. The van der Waals surface area contributed by atoms with E-state index in [0.29, 0.717) is 24.5 Å². The molecule has 3 rings (SSSR count). The third-order valence-corrected chi connectivity index (χ3v) is 5.38. The van der Waals surface area contributed by atoms with Crippen LogP contribution in [0.3, 0.4) is 0 Å². The Morgan fingerprint density at radius 3 is 2.60 bits per heavy atom. The van der Waals surface area contributed by atoms with Crippen molar-refractivity contribution >= 4 is 34.2 Å². The molecule has 5 nitrogen and oxygen atoms in total. The lowest BCUT2D eigenvalue weighted by Gasteiger charge is -2.26. The van der Waals surface area contributed by atoms with Crippen LogP contribution in [-0.2, 0) is 17.8 Å². The first-order chi connectivity index (χ1) is 14.5. The van der Waals surface area contributed by atoms with Gasteiger partial charge in [0.15, 0.2) is 0 Å². The van der Waals surface area contributed by atoms with Gasteiger partial charge in [-0.3, -0.25) is 4.79 Å². The summed E-state index contributed by atoms with van der Waals surface area (Å²) in [6, 6.07) is 16.1. The number of carbonyl (C=O) groups excluding carboxylic acids is 1. The number of anilines is 1. The summed E-state index contributed by atoms with van der Waals surface area (Å²) in [6.07, 6.45) is 2.04. The SMILES string of the molecule is CCc1nc(N(CCC(=O)N[C@H](C)CC)Cc2ccccc2)c2ccc(Cl)cc2n1. The Morgan fingerprint density at radius 2 is 1.90 bits per heavy atom. The predicted molar refractivity (Wildman–Crippen MR) is 124 cm³/mol. The van der Waals surface area contributed by atoms with Crippen molar-refractivity contribution in [2.45, 2.75) is 52.6 Å². The molecule has 0 aliphatic rings. The summed E-state index contributed by atoms with van der Waals surface area (Å²) in [7, 11) is 0. The normalized spacial score (nSPS) is 12.0. The molecule has 30 heavy (non-hydrogen) atoms. The van der Waals surface area contributed by atoms with Gasteiger partial charge >= 0.3 is 0 Å². The van der Waals surface area contributed by atoms with Gasteiger partial charge in [-0.05, 0) is 37.1 Å². The van der Waals surface area contributed by atoms with Crippen molar-refractivity contribution in [3.05, 3.63) is 64.9 Å². The maximum absolute atomic E-state index is 12.4. The highest BCUT2D eigenvalue weighted by atomic mass is 35.5. The van der Waals surface area contributed by atoms with Gasteiger partial charge < -0.3 is 10.2 Å². The number of nitrogens with one attached hydrogen (secondary N) is 1. The second-order valence-corrected chi connectivity index (χ2v) is 7.95. The number of nitrogens with zero attached hydrogens (tertiary/aromatic N) is 3. The van der Waals surface area contributed by atoms with E-state index < -0.39 is 0 Å². The molecule has 1 aromatic heterocycles. The average molecular weight is 425 g/mol. The zero-order valence-corrected chi connectivity index (χ0v) is 18.6. The zero-order valence-electron chi connectivity index (χ0n) is 17.9. The van der Waals surface area contributed by atoms with Crippen LogP contribution in [0.4, 0.5) is 5.82 Å². The quantitative estimate of drug-likeness (QED) is 0.515. The van der Waals surface area contributed by atoms with Crippen molar-refractivity contribution in [1.82, 2.24) is 15.3 Å². The summed E-state index contributed by atoms with van der Waals surface area (Å²) in [5, 5.41) is 4.64. The second kappa shape index (κ2) is 10.4. The van der Waals surface area contributed by atoms with E-state index in [1.807, 2.05) is 50.2 Å². The second-order valence-electron chi connectivity index (χ2n) is 7.51. The van der Waals surface area contributed by atoms with Gasteiger partial charge in [0, 0.05) is 42.4 Å². The van der Waals surface area contributed by atoms with Crippen molar-refractivity contribution in [3.8, 4) is 0 Å². The third-order valence-electron chi connectivity index (χ3n) is 5.15. The van der Waals surface area contributed by atoms with Gasteiger partial charge in [0.2, 0.25) is 5.91 Å². The molecule has 0 aliphatic carbocycles. The van der Waals surface area contributed by atoms with Crippen LogP contribution in [0.1, 0.15) is 45.0 Å².